The number of carboxylic acids is 1. The fraction of sp³-hybridized carbons (Fsp3) is 0.364. The van der Waals surface area contributed by atoms with E-state index < -0.39 is 11.8 Å². The number of aliphatic carboxylic acids is 1. The highest BCUT2D eigenvalue weighted by molar-refractivity contribution is 6.30. The van der Waals surface area contributed by atoms with Crippen molar-refractivity contribution in [2.45, 2.75) is 12.8 Å². The van der Waals surface area contributed by atoms with Crippen LogP contribution in [0.25, 0.3) is 0 Å². The highest BCUT2D eigenvalue weighted by Gasteiger charge is 2.01. The molecule has 0 heterocycles. The van der Waals surface area contributed by atoms with Crippen molar-refractivity contribution in [2.75, 3.05) is 13.1 Å². The molecular weight excluding hydrogens is 233 g/mol. The molecule has 0 unspecified atom stereocenters. The molecule has 0 spiro atoms. The zero-order valence-electron chi connectivity index (χ0n) is 8.67. The average molecular weight is 246 g/mol. The molecule has 0 aliphatic carbocycles. The zero-order valence-corrected chi connectivity index (χ0v) is 9.43. The Balaban J connectivity index is 2.27. The van der Waals surface area contributed by atoms with Crippen LogP contribution < -0.4 is 5.32 Å². The minimum Gasteiger partial charge on any atom is -0.481 e. The predicted molar refractivity (Wildman–Crippen MR) is 60.2 cm³/mol. The lowest BCUT2D eigenvalue weighted by Crippen LogP contribution is -2.20. The second-order valence-corrected chi connectivity index (χ2v) is 3.80. The van der Waals surface area contributed by atoms with E-state index in [1.54, 1.807) is 12.1 Å². The molecule has 5 heteroatoms. The average Bonchev–Trinajstić information content (AvgIpc) is 2.22. The molecule has 0 aromatic heterocycles. The largest absolute Gasteiger partial charge is 0.481 e. The summed E-state index contributed by atoms with van der Waals surface area (Å²) in [5, 5.41) is 11.5. The molecule has 1 aromatic carbocycles. The predicted octanol–water partition coefficient (Wildman–Crippen LogP) is 2.09. The van der Waals surface area contributed by atoms with Gasteiger partial charge < -0.3 is 10.4 Å². The summed E-state index contributed by atoms with van der Waals surface area (Å²) in [5.41, 5.74) is 0.925. The second kappa shape index (κ2) is 6.45. The van der Waals surface area contributed by atoms with E-state index in [0.717, 1.165) is 5.56 Å². The van der Waals surface area contributed by atoms with Crippen LogP contribution in [0, 0.1) is 5.82 Å². The van der Waals surface area contributed by atoms with Crippen molar-refractivity contribution in [3.05, 3.63) is 34.6 Å². The van der Waals surface area contributed by atoms with E-state index in [9.17, 15) is 9.18 Å². The van der Waals surface area contributed by atoms with E-state index in [1.807, 2.05) is 0 Å². The number of halogens is 2. The molecule has 0 aliphatic rings. The van der Waals surface area contributed by atoms with E-state index in [4.69, 9.17) is 16.7 Å². The molecule has 1 aromatic rings. The van der Waals surface area contributed by atoms with Gasteiger partial charge in [0.05, 0.1) is 11.4 Å². The molecular formula is C11H13ClFNO2. The lowest BCUT2D eigenvalue weighted by atomic mass is 10.1. The molecule has 0 atom stereocenters. The Bertz CT molecular complexity index is 371. The van der Waals surface area contributed by atoms with E-state index >= 15 is 0 Å². The first-order valence-electron chi connectivity index (χ1n) is 4.96. The topological polar surface area (TPSA) is 49.3 Å². The normalized spacial score (nSPS) is 10.4. The number of hydrogen-bond acceptors (Lipinski definition) is 2. The number of hydrogen-bond donors (Lipinski definition) is 2. The van der Waals surface area contributed by atoms with Crippen molar-refractivity contribution in [1.29, 1.82) is 0 Å². The van der Waals surface area contributed by atoms with Crippen molar-refractivity contribution in [3.63, 3.8) is 0 Å². The number of carboxylic acid groups (broad SMARTS) is 1. The summed E-state index contributed by atoms with van der Waals surface area (Å²) in [5.74, 6) is -1.25. The number of benzene rings is 1. The first-order chi connectivity index (χ1) is 7.59. The van der Waals surface area contributed by atoms with Gasteiger partial charge in [0, 0.05) is 6.54 Å². The fourth-order valence-corrected chi connectivity index (χ4v) is 1.45. The molecule has 16 heavy (non-hydrogen) atoms. The summed E-state index contributed by atoms with van der Waals surface area (Å²) in [6.07, 6.45) is 0.795. The number of carbonyl (C=O) groups is 1. The van der Waals surface area contributed by atoms with Gasteiger partial charge in [0.25, 0.3) is 0 Å². The third kappa shape index (κ3) is 4.59. The van der Waals surface area contributed by atoms with Crippen molar-refractivity contribution >= 4 is 17.6 Å². The summed E-state index contributed by atoms with van der Waals surface area (Å²) < 4.78 is 12.8. The van der Waals surface area contributed by atoms with Gasteiger partial charge >= 0.3 is 5.97 Å². The Morgan fingerprint density at radius 2 is 2.19 bits per heavy atom. The van der Waals surface area contributed by atoms with Crippen molar-refractivity contribution < 1.29 is 14.3 Å². The fourth-order valence-electron chi connectivity index (χ4n) is 1.25. The Morgan fingerprint density at radius 1 is 1.44 bits per heavy atom. The minimum absolute atomic E-state index is 0.101. The van der Waals surface area contributed by atoms with Gasteiger partial charge in [-0.1, -0.05) is 17.7 Å². The number of nitrogens with one attached hydrogen (secondary N) is 1. The van der Waals surface area contributed by atoms with Crippen molar-refractivity contribution in [1.82, 2.24) is 5.32 Å². The van der Waals surface area contributed by atoms with Gasteiger partial charge in [0.2, 0.25) is 0 Å². The summed E-state index contributed by atoms with van der Waals surface area (Å²) in [7, 11) is 0. The maximum Gasteiger partial charge on any atom is 0.304 e. The third-order valence-electron chi connectivity index (χ3n) is 2.09. The second-order valence-electron chi connectivity index (χ2n) is 3.39. The first kappa shape index (κ1) is 12.9. The lowest BCUT2D eigenvalue weighted by Gasteiger charge is -2.04. The Hall–Kier alpha value is -1.13. The van der Waals surface area contributed by atoms with Gasteiger partial charge in [0.1, 0.15) is 5.82 Å². The monoisotopic (exact) mass is 245 g/mol. The van der Waals surface area contributed by atoms with E-state index in [1.165, 1.54) is 6.07 Å². The molecule has 0 saturated heterocycles. The standard InChI is InChI=1S/C11H13ClFNO2/c12-9-7-8(1-2-10(9)13)3-5-14-6-4-11(15)16/h1-2,7,14H,3-6H2,(H,15,16). The van der Waals surface area contributed by atoms with Crippen LogP contribution >= 0.6 is 11.6 Å². The van der Waals surface area contributed by atoms with E-state index in [-0.39, 0.29) is 11.4 Å². The van der Waals surface area contributed by atoms with Crippen LogP contribution in [0.1, 0.15) is 12.0 Å². The maximum absolute atomic E-state index is 12.8. The molecule has 1 rings (SSSR count). The van der Waals surface area contributed by atoms with Crippen LogP contribution in [-0.4, -0.2) is 24.2 Å². The summed E-state index contributed by atoms with van der Waals surface area (Å²) in [6, 6.07) is 4.57. The van der Waals surface area contributed by atoms with Crippen LogP contribution in [0.15, 0.2) is 18.2 Å². The van der Waals surface area contributed by atoms with Gasteiger partial charge in [-0.15, -0.1) is 0 Å². The molecule has 0 amide bonds. The Morgan fingerprint density at radius 3 is 2.81 bits per heavy atom. The maximum atomic E-state index is 12.8. The van der Waals surface area contributed by atoms with E-state index in [2.05, 4.69) is 5.32 Å². The van der Waals surface area contributed by atoms with Gasteiger partial charge in [-0.25, -0.2) is 4.39 Å². The molecule has 0 fully saturated rings. The zero-order chi connectivity index (χ0) is 12.0. The third-order valence-corrected chi connectivity index (χ3v) is 2.38. The number of rotatable bonds is 6. The molecule has 0 radical (unpaired) electrons. The Labute approximate surface area is 98.2 Å². The molecule has 0 bridgehead atoms. The molecule has 88 valence electrons. The van der Waals surface area contributed by atoms with Crippen LogP contribution in [0.5, 0.6) is 0 Å². The van der Waals surface area contributed by atoms with Gasteiger partial charge in [0.15, 0.2) is 0 Å². The smallest absolute Gasteiger partial charge is 0.304 e. The van der Waals surface area contributed by atoms with Gasteiger partial charge in [-0.05, 0) is 30.7 Å². The van der Waals surface area contributed by atoms with E-state index in [0.29, 0.717) is 19.5 Å². The van der Waals surface area contributed by atoms with Crippen LogP contribution in [0.2, 0.25) is 5.02 Å². The van der Waals surface area contributed by atoms with Crippen molar-refractivity contribution in [2.24, 2.45) is 0 Å². The Kier molecular flexibility index (Phi) is 5.22. The summed E-state index contributed by atoms with van der Waals surface area (Å²) in [4.78, 5) is 10.2. The van der Waals surface area contributed by atoms with Gasteiger partial charge in [-0.3, -0.25) is 4.79 Å². The van der Waals surface area contributed by atoms with Crippen LogP contribution in [0.4, 0.5) is 4.39 Å². The van der Waals surface area contributed by atoms with Crippen LogP contribution in [-0.2, 0) is 11.2 Å². The lowest BCUT2D eigenvalue weighted by molar-refractivity contribution is -0.136. The minimum atomic E-state index is -0.822. The molecule has 0 saturated carbocycles. The molecule has 3 nitrogen and oxygen atoms in total. The molecule has 0 aliphatic heterocycles. The SMILES string of the molecule is O=C(O)CCNCCc1ccc(F)c(Cl)c1. The highest BCUT2D eigenvalue weighted by atomic mass is 35.5. The quantitative estimate of drug-likeness (QED) is 0.755. The first-order valence-corrected chi connectivity index (χ1v) is 5.34. The van der Waals surface area contributed by atoms with Gasteiger partial charge in [-0.2, -0.15) is 0 Å². The summed E-state index contributed by atoms with van der Waals surface area (Å²) >= 11 is 5.62. The van der Waals surface area contributed by atoms with Crippen LogP contribution in [0.3, 0.4) is 0 Å². The summed E-state index contributed by atoms with van der Waals surface area (Å²) in [6.45, 7) is 1.08. The van der Waals surface area contributed by atoms with Crippen molar-refractivity contribution in [3.8, 4) is 0 Å². The molecule has 2 N–H and O–H groups in total. The highest BCUT2D eigenvalue weighted by Crippen LogP contribution is 2.15.